The van der Waals surface area contributed by atoms with Crippen molar-refractivity contribution in [2.24, 2.45) is 0 Å². The summed E-state index contributed by atoms with van der Waals surface area (Å²) in [6.07, 6.45) is 3.65. The van der Waals surface area contributed by atoms with E-state index < -0.39 is 0 Å². The normalized spacial score (nSPS) is 12.4. The first kappa shape index (κ1) is 11.4. The Bertz CT molecular complexity index is 481. The van der Waals surface area contributed by atoms with E-state index in [2.05, 4.69) is 30.2 Å². The highest BCUT2D eigenvalue weighted by atomic mass is 35.5. The molecule has 0 aromatic carbocycles. The maximum Gasteiger partial charge on any atom is 0.0932 e. The third-order valence-corrected chi connectivity index (χ3v) is 3.85. The van der Waals surface area contributed by atoms with Crippen molar-refractivity contribution in [1.82, 2.24) is 4.98 Å². The number of anilines is 1. The molecule has 0 radical (unpaired) electrons. The van der Waals surface area contributed by atoms with E-state index in [0.29, 0.717) is 0 Å². The number of nitrogens with one attached hydrogen (secondary N) is 1. The lowest BCUT2D eigenvalue weighted by atomic mass is 10.2. The first-order valence-corrected chi connectivity index (χ1v) is 6.28. The van der Waals surface area contributed by atoms with E-state index in [4.69, 9.17) is 11.6 Å². The molecule has 0 saturated carbocycles. The molecule has 0 bridgehead atoms. The van der Waals surface area contributed by atoms with E-state index in [1.807, 2.05) is 18.3 Å². The van der Waals surface area contributed by atoms with Crippen LogP contribution in [0.1, 0.15) is 23.4 Å². The number of hydrogen-bond acceptors (Lipinski definition) is 3. The number of thiophene rings is 1. The Kier molecular flexibility index (Phi) is 3.46. The van der Waals surface area contributed by atoms with E-state index in [1.165, 1.54) is 10.4 Å². The highest BCUT2D eigenvalue weighted by Crippen LogP contribution is 2.29. The van der Waals surface area contributed by atoms with Crippen molar-refractivity contribution in [2.45, 2.75) is 19.9 Å². The van der Waals surface area contributed by atoms with E-state index >= 15 is 0 Å². The molecule has 0 spiro atoms. The van der Waals surface area contributed by atoms with Crippen LogP contribution in [0.2, 0.25) is 4.34 Å². The van der Waals surface area contributed by atoms with Crippen molar-refractivity contribution in [3.8, 4) is 0 Å². The molecule has 0 aliphatic carbocycles. The minimum atomic E-state index is 0.250. The second-order valence-corrected chi connectivity index (χ2v) is 5.45. The van der Waals surface area contributed by atoms with Crippen LogP contribution in [-0.2, 0) is 0 Å². The van der Waals surface area contributed by atoms with Crippen molar-refractivity contribution >= 4 is 28.6 Å². The number of halogens is 1. The van der Waals surface area contributed by atoms with Crippen LogP contribution in [0.3, 0.4) is 0 Å². The fourth-order valence-electron chi connectivity index (χ4n) is 1.48. The summed E-state index contributed by atoms with van der Waals surface area (Å²) < 4.78 is 0.826. The average molecular weight is 253 g/mol. The predicted molar refractivity (Wildman–Crippen MR) is 70.3 cm³/mol. The van der Waals surface area contributed by atoms with Gasteiger partial charge in [0.05, 0.1) is 22.3 Å². The minimum absolute atomic E-state index is 0.250. The van der Waals surface area contributed by atoms with Crippen molar-refractivity contribution < 1.29 is 0 Å². The highest BCUT2D eigenvalue weighted by molar-refractivity contribution is 7.16. The van der Waals surface area contributed by atoms with Gasteiger partial charge < -0.3 is 5.32 Å². The molecule has 1 unspecified atom stereocenters. The SMILES string of the molecule is Cc1ccncc1NC(C)c1ccc(Cl)s1. The van der Waals surface area contributed by atoms with E-state index in [1.54, 1.807) is 17.5 Å². The second kappa shape index (κ2) is 4.85. The van der Waals surface area contributed by atoms with Gasteiger partial charge in [-0.2, -0.15) is 0 Å². The Morgan fingerprint density at radius 1 is 1.38 bits per heavy atom. The minimum Gasteiger partial charge on any atom is -0.376 e. The van der Waals surface area contributed by atoms with Crippen LogP contribution >= 0.6 is 22.9 Å². The van der Waals surface area contributed by atoms with Gasteiger partial charge in [-0.1, -0.05) is 11.6 Å². The Balaban J connectivity index is 2.13. The molecule has 2 aromatic heterocycles. The summed E-state index contributed by atoms with van der Waals surface area (Å²) in [6, 6.07) is 6.23. The number of pyridine rings is 1. The lowest BCUT2D eigenvalue weighted by Crippen LogP contribution is -2.06. The zero-order chi connectivity index (χ0) is 11.5. The largest absolute Gasteiger partial charge is 0.376 e. The molecule has 16 heavy (non-hydrogen) atoms. The van der Waals surface area contributed by atoms with Crippen molar-refractivity contribution in [2.75, 3.05) is 5.32 Å². The topological polar surface area (TPSA) is 24.9 Å². The fraction of sp³-hybridized carbons (Fsp3) is 0.250. The first-order chi connectivity index (χ1) is 7.66. The van der Waals surface area contributed by atoms with Gasteiger partial charge in [-0.3, -0.25) is 4.98 Å². The summed E-state index contributed by atoms with van der Waals surface area (Å²) in [6.45, 7) is 4.19. The molecule has 0 aliphatic rings. The molecule has 1 N–H and O–H groups in total. The van der Waals surface area contributed by atoms with Crippen LogP contribution in [-0.4, -0.2) is 4.98 Å². The molecule has 0 amide bonds. The Morgan fingerprint density at radius 3 is 2.81 bits per heavy atom. The number of nitrogens with zero attached hydrogens (tertiary/aromatic N) is 1. The van der Waals surface area contributed by atoms with Gasteiger partial charge >= 0.3 is 0 Å². The zero-order valence-electron chi connectivity index (χ0n) is 9.20. The zero-order valence-corrected chi connectivity index (χ0v) is 10.8. The van der Waals surface area contributed by atoms with Crippen LogP contribution in [0.25, 0.3) is 0 Å². The first-order valence-electron chi connectivity index (χ1n) is 5.09. The summed E-state index contributed by atoms with van der Waals surface area (Å²) >= 11 is 7.52. The molecule has 1 atom stereocenters. The summed E-state index contributed by atoms with van der Waals surface area (Å²) in [7, 11) is 0. The monoisotopic (exact) mass is 252 g/mol. The highest BCUT2D eigenvalue weighted by Gasteiger charge is 2.09. The molecule has 0 fully saturated rings. The fourth-order valence-corrected chi connectivity index (χ4v) is 2.54. The molecule has 84 valence electrons. The van der Waals surface area contributed by atoms with Crippen LogP contribution in [0.5, 0.6) is 0 Å². The maximum absolute atomic E-state index is 5.92. The molecule has 0 saturated heterocycles. The lowest BCUT2D eigenvalue weighted by molar-refractivity contribution is 0.903. The molecular weight excluding hydrogens is 240 g/mol. The number of aryl methyl sites for hydroxylation is 1. The van der Waals surface area contributed by atoms with Gasteiger partial charge in [-0.25, -0.2) is 0 Å². The van der Waals surface area contributed by atoms with Gasteiger partial charge in [-0.15, -0.1) is 11.3 Å². The van der Waals surface area contributed by atoms with Crippen molar-refractivity contribution in [3.63, 3.8) is 0 Å². The van der Waals surface area contributed by atoms with Gasteiger partial charge in [0.25, 0.3) is 0 Å². The van der Waals surface area contributed by atoms with Gasteiger partial charge in [0, 0.05) is 11.1 Å². The van der Waals surface area contributed by atoms with E-state index in [-0.39, 0.29) is 6.04 Å². The van der Waals surface area contributed by atoms with Gasteiger partial charge in [-0.05, 0) is 37.6 Å². The molecular formula is C12H13ClN2S. The molecule has 2 heterocycles. The number of hydrogen-bond donors (Lipinski definition) is 1. The van der Waals surface area contributed by atoms with Crippen molar-refractivity contribution in [3.05, 3.63) is 45.4 Å². The van der Waals surface area contributed by atoms with Gasteiger partial charge in [0.15, 0.2) is 0 Å². The molecule has 2 nitrogen and oxygen atoms in total. The van der Waals surface area contributed by atoms with Crippen molar-refractivity contribution in [1.29, 1.82) is 0 Å². The maximum atomic E-state index is 5.92. The summed E-state index contributed by atoms with van der Waals surface area (Å²) in [5.41, 5.74) is 2.27. The smallest absolute Gasteiger partial charge is 0.0932 e. The van der Waals surface area contributed by atoms with Crippen LogP contribution in [0, 0.1) is 6.92 Å². The molecule has 4 heteroatoms. The van der Waals surface area contributed by atoms with Crippen LogP contribution in [0.4, 0.5) is 5.69 Å². The molecule has 2 aromatic rings. The second-order valence-electron chi connectivity index (χ2n) is 3.70. The Morgan fingerprint density at radius 2 is 2.19 bits per heavy atom. The van der Waals surface area contributed by atoms with Crippen LogP contribution < -0.4 is 5.32 Å². The lowest BCUT2D eigenvalue weighted by Gasteiger charge is -2.14. The standard InChI is InChI=1S/C12H13ClN2S/c1-8-5-6-14-7-10(8)15-9(2)11-3-4-12(13)16-11/h3-7,9,15H,1-2H3. The quantitative estimate of drug-likeness (QED) is 0.882. The Hall–Kier alpha value is -1.06. The predicted octanol–water partition coefficient (Wildman–Crippen LogP) is 4.28. The number of rotatable bonds is 3. The molecule has 0 aliphatic heterocycles. The Labute approximate surface area is 104 Å². The summed E-state index contributed by atoms with van der Waals surface area (Å²) in [5, 5.41) is 3.43. The van der Waals surface area contributed by atoms with E-state index in [0.717, 1.165) is 10.0 Å². The third kappa shape index (κ3) is 2.54. The summed E-state index contributed by atoms with van der Waals surface area (Å²) in [4.78, 5) is 5.34. The third-order valence-electron chi connectivity index (χ3n) is 2.43. The number of aromatic nitrogens is 1. The summed E-state index contributed by atoms with van der Waals surface area (Å²) in [5.74, 6) is 0. The van der Waals surface area contributed by atoms with E-state index in [9.17, 15) is 0 Å². The average Bonchev–Trinajstić information content (AvgIpc) is 2.68. The van der Waals surface area contributed by atoms with Gasteiger partial charge in [0.2, 0.25) is 0 Å². The molecule has 2 rings (SSSR count). The van der Waals surface area contributed by atoms with Crippen LogP contribution in [0.15, 0.2) is 30.6 Å². The van der Waals surface area contributed by atoms with Gasteiger partial charge in [0.1, 0.15) is 0 Å².